The van der Waals surface area contributed by atoms with E-state index in [2.05, 4.69) is 121 Å². The van der Waals surface area contributed by atoms with Crippen LogP contribution in [-0.2, 0) is 19.3 Å². The second-order valence-electron chi connectivity index (χ2n) is 8.19. The molecule has 0 atom stereocenters. The number of allylic oxidation sites excluding steroid dienone is 2. The summed E-state index contributed by atoms with van der Waals surface area (Å²) in [6.07, 6.45) is 12.0. The minimum atomic E-state index is 0.963. The van der Waals surface area contributed by atoms with E-state index in [4.69, 9.17) is 0 Å². The molecule has 1 aliphatic carbocycles. The molecule has 0 spiro atoms. The number of fused-ring (bicyclic) bond motifs is 3. The summed E-state index contributed by atoms with van der Waals surface area (Å²) in [5.41, 5.74) is 10.9. The van der Waals surface area contributed by atoms with Gasteiger partial charge in [0.25, 0.3) is 0 Å². The highest BCUT2D eigenvalue weighted by molar-refractivity contribution is 5.80. The van der Waals surface area contributed by atoms with Gasteiger partial charge < -0.3 is 0 Å². The summed E-state index contributed by atoms with van der Waals surface area (Å²) in [7, 11) is 0. The number of hydrogen-bond donors (Lipinski definition) is 0. The maximum atomic E-state index is 2.35. The molecule has 4 aromatic carbocycles. The smallest absolute Gasteiger partial charge is 0.00134 e. The predicted octanol–water partition coefficient (Wildman–Crippen LogP) is 7.77. The average molecular weight is 399 g/mol. The van der Waals surface area contributed by atoms with Gasteiger partial charge in [-0.25, -0.2) is 0 Å². The van der Waals surface area contributed by atoms with Gasteiger partial charge in [-0.05, 0) is 75.9 Å². The Bertz CT molecular complexity index is 1130. The van der Waals surface area contributed by atoms with Crippen LogP contribution in [0.2, 0.25) is 0 Å². The van der Waals surface area contributed by atoms with Crippen LogP contribution in [0.3, 0.4) is 0 Å². The molecule has 0 bridgehead atoms. The van der Waals surface area contributed by atoms with Crippen molar-refractivity contribution < 1.29 is 0 Å². The van der Waals surface area contributed by atoms with E-state index in [1.807, 2.05) is 0 Å². The summed E-state index contributed by atoms with van der Waals surface area (Å²) in [4.78, 5) is 0. The zero-order chi connectivity index (χ0) is 20.9. The van der Waals surface area contributed by atoms with Gasteiger partial charge in [0.1, 0.15) is 0 Å². The highest BCUT2D eigenvalue weighted by Crippen LogP contribution is 2.38. The van der Waals surface area contributed by atoms with Crippen molar-refractivity contribution in [2.75, 3.05) is 0 Å². The van der Waals surface area contributed by atoms with Crippen molar-refractivity contribution in [2.24, 2.45) is 0 Å². The lowest BCUT2D eigenvalue weighted by Crippen LogP contribution is -1.83. The molecule has 0 saturated carbocycles. The molecular weight excluding hydrogens is 372 g/mol. The molecule has 0 heteroatoms. The van der Waals surface area contributed by atoms with Crippen molar-refractivity contribution in [3.05, 3.63) is 143 Å². The fraction of sp³-hybridized carbons (Fsp3) is 0.0968. The predicted molar refractivity (Wildman–Crippen MR) is 133 cm³/mol. The van der Waals surface area contributed by atoms with Crippen molar-refractivity contribution in [1.82, 2.24) is 0 Å². The number of hydrogen-bond acceptors (Lipinski definition) is 0. The van der Waals surface area contributed by atoms with Crippen molar-refractivity contribution >= 4 is 12.2 Å². The molecule has 0 heterocycles. The lowest BCUT2D eigenvalue weighted by atomic mass is 10.00. The zero-order valence-corrected chi connectivity index (χ0v) is 17.7. The first-order chi connectivity index (χ1) is 15.3. The summed E-state index contributed by atoms with van der Waals surface area (Å²) in [5.74, 6) is 0. The molecule has 1 aliphatic rings. The van der Waals surface area contributed by atoms with E-state index in [1.54, 1.807) is 0 Å². The highest BCUT2D eigenvalue weighted by Gasteiger charge is 2.18. The molecule has 0 saturated heterocycles. The number of rotatable bonds is 6. The first-order valence-electron chi connectivity index (χ1n) is 11.0. The van der Waals surface area contributed by atoms with E-state index in [-0.39, 0.29) is 0 Å². The van der Waals surface area contributed by atoms with Crippen molar-refractivity contribution in [1.29, 1.82) is 0 Å². The van der Waals surface area contributed by atoms with Crippen LogP contribution in [0.5, 0.6) is 0 Å². The quantitative estimate of drug-likeness (QED) is 0.274. The Morgan fingerprint density at radius 1 is 0.516 bits per heavy atom. The second kappa shape index (κ2) is 9.02. The Hall–Kier alpha value is -3.64. The van der Waals surface area contributed by atoms with Crippen molar-refractivity contribution in [2.45, 2.75) is 19.3 Å². The lowest BCUT2D eigenvalue weighted by molar-refractivity contribution is 1.26. The summed E-state index contributed by atoms with van der Waals surface area (Å²) in [6, 6.07) is 35.0. The maximum Gasteiger partial charge on any atom is -0.00134 e. The molecule has 4 aromatic rings. The summed E-state index contributed by atoms with van der Waals surface area (Å²) < 4.78 is 0. The molecule has 0 aliphatic heterocycles. The molecule has 0 nitrogen and oxygen atoms in total. The van der Waals surface area contributed by atoms with Crippen LogP contribution < -0.4 is 0 Å². The van der Waals surface area contributed by atoms with Crippen molar-refractivity contribution in [3.63, 3.8) is 0 Å². The minimum absolute atomic E-state index is 0.963. The molecular formula is C31H26. The van der Waals surface area contributed by atoms with Crippen LogP contribution in [0, 0.1) is 0 Å². The van der Waals surface area contributed by atoms with Gasteiger partial charge in [0.15, 0.2) is 0 Å². The van der Waals surface area contributed by atoms with Gasteiger partial charge in [0.05, 0.1) is 0 Å². The van der Waals surface area contributed by atoms with Gasteiger partial charge >= 0.3 is 0 Å². The molecule has 0 radical (unpaired) electrons. The number of benzene rings is 4. The third-order valence-electron chi connectivity index (χ3n) is 5.95. The standard InChI is InChI=1S/C31H26/c1-3-9-24(10-4-1)13-7-15-26-17-19-28-23-29-20-18-27(22-31(29)30(28)21-26)16-8-14-25-11-5-2-6-12-25/h1-12,15-22H,13-14,23H2. The van der Waals surface area contributed by atoms with Gasteiger partial charge in [-0.15, -0.1) is 0 Å². The molecule has 0 fully saturated rings. The van der Waals surface area contributed by atoms with Crippen LogP contribution in [0.25, 0.3) is 23.3 Å². The van der Waals surface area contributed by atoms with Crippen LogP contribution in [-0.4, -0.2) is 0 Å². The largest absolute Gasteiger partial charge is 0.0795 e. The van der Waals surface area contributed by atoms with Crippen LogP contribution in [0.15, 0.2) is 109 Å². The van der Waals surface area contributed by atoms with Gasteiger partial charge in [0, 0.05) is 0 Å². The SMILES string of the molecule is C(=Cc1ccc2c(c1)-c1cc(C=CCc3ccccc3)ccc1C2)Cc1ccccc1. The molecule has 31 heavy (non-hydrogen) atoms. The van der Waals surface area contributed by atoms with Gasteiger partial charge in [-0.1, -0.05) is 109 Å². The Labute approximate surface area is 185 Å². The highest BCUT2D eigenvalue weighted by atomic mass is 14.2. The Kier molecular flexibility index (Phi) is 5.62. The van der Waals surface area contributed by atoms with Gasteiger partial charge in [-0.3, -0.25) is 0 Å². The molecule has 150 valence electrons. The topological polar surface area (TPSA) is 0 Å². The van der Waals surface area contributed by atoms with Gasteiger partial charge in [-0.2, -0.15) is 0 Å². The molecule has 0 N–H and O–H groups in total. The van der Waals surface area contributed by atoms with Crippen LogP contribution in [0.4, 0.5) is 0 Å². The lowest BCUT2D eigenvalue weighted by Gasteiger charge is -2.05. The third-order valence-corrected chi connectivity index (χ3v) is 5.95. The fourth-order valence-electron chi connectivity index (χ4n) is 4.30. The van der Waals surface area contributed by atoms with E-state index >= 15 is 0 Å². The van der Waals surface area contributed by atoms with E-state index in [9.17, 15) is 0 Å². The minimum Gasteiger partial charge on any atom is -0.0795 e. The molecule has 0 aromatic heterocycles. The zero-order valence-electron chi connectivity index (χ0n) is 17.7. The van der Waals surface area contributed by atoms with E-state index in [0.717, 1.165) is 19.3 Å². The Balaban J connectivity index is 1.33. The first-order valence-corrected chi connectivity index (χ1v) is 11.0. The Morgan fingerprint density at radius 2 is 0.968 bits per heavy atom. The van der Waals surface area contributed by atoms with E-state index < -0.39 is 0 Å². The second-order valence-corrected chi connectivity index (χ2v) is 8.19. The van der Waals surface area contributed by atoms with Gasteiger partial charge in [0.2, 0.25) is 0 Å². The van der Waals surface area contributed by atoms with Crippen molar-refractivity contribution in [3.8, 4) is 11.1 Å². The molecule has 0 unspecified atom stereocenters. The monoisotopic (exact) mass is 398 g/mol. The molecule has 5 rings (SSSR count). The normalized spacial score (nSPS) is 12.4. The third kappa shape index (κ3) is 4.59. The van der Waals surface area contributed by atoms with E-state index in [0.29, 0.717) is 0 Å². The summed E-state index contributed by atoms with van der Waals surface area (Å²) >= 11 is 0. The maximum absolute atomic E-state index is 2.35. The molecule has 0 amide bonds. The average Bonchev–Trinajstić information content (AvgIpc) is 3.18. The first kappa shape index (κ1) is 19.3. The summed E-state index contributed by atoms with van der Waals surface area (Å²) in [5, 5.41) is 0. The Morgan fingerprint density at radius 3 is 1.42 bits per heavy atom. The van der Waals surface area contributed by atoms with E-state index in [1.165, 1.54) is 44.5 Å². The summed E-state index contributed by atoms with van der Waals surface area (Å²) in [6.45, 7) is 0. The van der Waals surface area contributed by atoms with Crippen LogP contribution >= 0.6 is 0 Å². The fourth-order valence-corrected chi connectivity index (χ4v) is 4.30. The van der Waals surface area contributed by atoms with Crippen LogP contribution in [0.1, 0.15) is 33.4 Å².